The van der Waals surface area contributed by atoms with E-state index >= 15 is 0 Å². The highest BCUT2D eigenvalue weighted by Crippen LogP contribution is 2.45. The van der Waals surface area contributed by atoms with Gasteiger partial charge in [-0.05, 0) is 56.2 Å². The molecule has 0 aliphatic heterocycles. The van der Waals surface area contributed by atoms with E-state index < -0.39 is 0 Å². The van der Waals surface area contributed by atoms with Gasteiger partial charge in [-0.1, -0.05) is 32.4 Å². The average molecular weight is 261 g/mol. The minimum absolute atomic E-state index is 0.196. The Morgan fingerprint density at radius 2 is 1.95 bits per heavy atom. The molecular weight excluding hydrogens is 234 g/mol. The minimum atomic E-state index is -0.196. The number of hydrogen-bond acceptors (Lipinski definition) is 2. The molecule has 1 aliphatic rings. The van der Waals surface area contributed by atoms with Gasteiger partial charge in [0.2, 0.25) is 0 Å². The van der Waals surface area contributed by atoms with Crippen LogP contribution >= 0.6 is 0 Å². The van der Waals surface area contributed by atoms with Gasteiger partial charge in [0.15, 0.2) is 0 Å². The Morgan fingerprint density at radius 1 is 1.21 bits per heavy atom. The Labute approximate surface area is 117 Å². The second kappa shape index (κ2) is 5.16. The van der Waals surface area contributed by atoms with Gasteiger partial charge in [-0.15, -0.1) is 0 Å². The van der Waals surface area contributed by atoms with E-state index in [-0.39, 0.29) is 11.6 Å². The highest BCUT2D eigenvalue weighted by atomic mass is 16.5. The maximum absolute atomic E-state index is 6.70. The van der Waals surface area contributed by atoms with Crippen LogP contribution in [0.2, 0.25) is 0 Å². The lowest BCUT2D eigenvalue weighted by Crippen LogP contribution is -2.44. The minimum Gasteiger partial charge on any atom is -0.491 e. The molecule has 0 aromatic heterocycles. The van der Waals surface area contributed by atoms with Crippen molar-refractivity contribution < 1.29 is 4.74 Å². The van der Waals surface area contributed by atoms with E-state index in [2.05, 4.69) is 45.9 Å². The van der Waals surface area contributed by atoms with Crippen molar-refractivity contribution in [2.24, 2.45) is 11.1 Å². The summed E-state index contributed by atoms with van der Waals surface area (Å²) in [5.74, 6) is 0.931. The molecule has 1 aromatic rings. The third kappa shape index (κ3) is 3.50. The van der Waals surface area contributed by atoms with E-state index in [4.69, 9.17) is 10.5 Å². The van der Waals surface area contributed by atoms with Crippen LogP contribution in [0, 0.1) is 5.41 Å². The number of ether oxygens (including phenoxy) is 1. The fraction of sp³-hybridized carbons (Fsp3) is 0.647. The van der Waals surface area contributed by atoms with E-state index in [1.54, 1.807) is 0 Å². The van der Waals surface area contributed by atoms with Crippen LogP contribution in [0.4, 0.5) is 0 Å². The highest BCUT2D eigenvalue weighted by Gasteiger charge is 2.38. The van der Waals surface area contributed by atoms with Gasteiger partial charge in [-0.25, -0.2) is 0 Å². The van der Waals surface area contributed by atoms with Crippen molar-refractivity contribution in [2.45, 2.75) is 65.0 Å². The number of nitrogens with two attached hydrogens (primary N) is 1. The molecule has 0 spiro atoms. The number of benzene rings is 1. The van der Waals surface area contributed by atoms with Gasteiger partial charge >= 0.3 is 0 Å². The largest absolute Gasteiger partial charge is 0.491 e. The summed E-state index contributed by atoms with van der Waals surface area (Å²) < 4.78 is 5.79. The Balaban J connectivity index is 2.25. The van der Waals surface area contributed by atoms with Crippen LogP contribution in [0.5, 0.6) is 5.75 Å². The molecule has 2 N–H and O–H groups in total. The SMILES string of the molecule is CC(C)Oc1cccc(C2(N)CCCC(C)(C)C2)c1. The van der Waals surface area contributed by atoms with Crippen LogP contribution in [0.15, 0.2) is 24.3 Å². The second-order valence-corrected chi connectivity index (χ2v) is 7.05. The van der Waals surface area contributed by atoms with Crippen molar-refractivity contribution in [3.8, 4) is 5.75 Å². The second-order valence-electron chi connectivity index (χ2n) is 7.05. The predicted molar refractivity (Wildman–Crippen MR) is 80.3 cm³/mol. The van der Waals surface area contributed by atoms with E-state index in [9.17, 15) is 0 Å². The normalized spacial score (nSPS) is 26.4. The summed E-state index contributed by atoms with van der Waals surface area (Å²) in [5.41, 5.74) is 8.06. The average Bonchev–Trinajstić information content (AvgIpc) is 2.26. The molecule has 1 unspecified atom stereocenters. The van der Waals surface area contributed by atoms with Gasteiger partial charge in [-0.2, -0.15) is 0 Å². The quantitative estimate of drug-likeness (QED) is 0.883. The molecule has 0 radical (unpaired) electrons. The summed E-state index contributed by atoms with van der Waals surface area (Å²) in [5, 5.41) is 0. The lowest BCUT2D eigenvalue weighted by molar-refractivity contribution is 0.150. The number of hydrogen-bond donors (Lipinski definition) is 1. The van der Waals surface area contributed by atoms with Crippen LogP contribution in [0.1, 0.15) is 58.9 Å². The van der Waals surface area contributed by atoms with E-state index in [0.717, 1.165) is 18.6 Å². The first-order valence-electron chi connectivity index (χ1n) is 7.37. The first-order chi connectivity index (χ1) is 8.81. The standard InChI is InChI=1S/C17H27NO/c1-13(2)19-15-8-5-7-14(11-15)17(18)10-6-9-16(3,4)12-17/h5,7-8,11,13H,6,9-10,12,18H2,1-4H3. The molecule has 1 aromatic carbocycles. The Bertz CT molecular complexity index is 439. The van der Waals surface area contributed by atoms with Gasteiger partial charge in [0.25, 0.3) is 0 Å². The molecule has 19 heavy (non-hydrogen) atoms. The number of rotatable bonds is 3. The maximum atomic E-state index is 6.70. The Morgan fingerprint density at radius 3 is 2.58 bits per heavy atom. The monoisotopic (exact) mass is 261 g/mol. The van der Waals surface area contributed by atoms with Crippen LogP contribution in [-0.2, 0) is 5.54 Å². The molecule has 2 heteroatoms. The van der Waals surface area contributed by atoms with Crippen LogP contribution < -0.4 is 10.5 Å². The fourth-order valence-electron chi connectivity index (χ4n) is 3.31. The molecule has 1 aliphatic carbocycles. The highest BCUT2D eigenvalue weighted by molar-refractivity contribution is 5.34. The molecule has 2 rings (SSSR count). The van der Waals surface area contributed by atoms with Gasteiger partial charge < -0.3 is 10.5 Å². The Hall–Kier alpha value is -1.02. The zero-order valence-electron chi connectivity index (χ0n) is 12.7. The smallest absolute Gasteiger partial charge is 0.120 e. The summed E-state index contributed by atoms with van der Waals surface area (Å²) in [6.45, 7) is 8.74. The maximum Gasteiger partial charge on any atom is 0.120 e. The lowest BCUT2D eigenvalue weighted by atomic mass is 9.66. The Kier molecular flexibility index (Phi) is 3.91. The molecule has 1 atom stereocenters. The van der Waals surface area contributed by atoms with Crippen molar-refractivity contribution in [1.29, 1.82) is 0 Å². The first kappa shape index (κ1) is 14.4. The van der Waals surface area contributed by atoms with E-state index in [0.29, 0.717) is 5.41 Å². The molecule has 2 nitrogen and oxygen atoms in total. The molecule has 0 amide bonds. The molecule has 0 saturated heterocycles. The molecule has 1 fully saturated rings. The molecule has 106 valence electrons. The zero-order chi connectivity index (χ0) is 14.1. The third-order valence-electron chi connectivity index (χ3n) is 4.05. The van der Waals surface area contributed by atoms with Crippen LogP contribution in [0.3, 0.4) is 0 Å². The van der Waals surface area contributed by atoms with Gasteiger partial charge in [0.1, 0.15) is 5.75 Å². The summed E-state index contributed by atoms with van der Waals surface area (Å²) in [7, 11) is 0. The van der Waals surface area contributed by atoms with Gasteiger partial charge in [0, 0.05) is 5.54 Å². The topological polar surface area (TPSA) is 35.2 Å². The molecule has 0 heterocycles. The van der Waals surface area contributed by atoms with E-state index in [1.165, 1.54) is 18.4 Å². The van der Waals surface area contributed by atoms with Crippen molar-refractivity contribution >= 4 is 0 Å². The lowest BCUT2D eigenvalue weighted by Gasteiger charge is -2.43. The van der Waals surface area contributed by atoms with Gasteiger partial charge in [0.05, 0.1) is 6.10 Å². The fourth-order valence-corrected chi connectivity index (χ4v) is 3.31. The first-order valence-corrected chi connectivity index (χ1v) is 7.37. The van der Waals surface area contributed by atoms with Gasteiger partial charge in [-0.3, -0.25) is 0 Å². The van der Waals surface area contributed by atoms with Crippen LogP contribution in [-0.4, -0.2) is 6.10 Å². The van der Waals surface area contributed by atoms with Crippen molar-refractivity contribution in [3.63, 3.8) is 0 Å². The third-order valence-corrected chi connectivity index (χ3v) is 4.05. The van der Waals surface area contributed by atoms with Crippen LogP contribution in [0.25, 0.3) is 0 Å². The summed E-state index contributed by atoms with van der Waals surface area (Å²) >= 11 is 0. The summed E-state index contributed by atoms with van der Waals surface area (Å²) in [4.78, 5) is 0. The zero-order valence-corrected chi connectivity index (χ0v) is 12.7. The summed E-state index contributed by atoms with van der Waals surface area (Å²) in [6, 6.07) is 8.35. The van der Waals surface area contributed by atoms with Crippen molar-refractivity contribution in [2.75, 3.05) is 0 Å². The molecule has 1 saturated carbocycles. The van der Waals surface area contributed by atoms with Crippen molar-refractivity contribution in [1.82, 2.24) is 0 Å². The predicted octanol–water partition coefficient (Wildman–Crippen LogP) is 4.23. The molecule has 0 bridgehead atoms. The molecular formula is C17H27NO. The van der Waals surface area contributed by atoms with E-state index in [1.807, 2.05) is 6.07 Å². The summed E-state index contributed by atoms with van der Waals surface area (Å²) in [6.07, 6.45) is 4.80. The van der Waals surface area contributed by atoms with Crippen molar-refractivity contribution in [3.05, 3.63) is 29.8 Å².